The van der Waals surface area contributed by atoms with Gasteiger partial charge in [0.25, 0.3) is 0 Å². The summed E-state index contributed by atoms with van der Waals surface area (Å²) in [6, 6.07) is 4.32. The number of carbonyl (C=O) groups excluding carboxylic acids is 1. The van der Waals surface area contributed by atoms with Gasteiger partial charge in [0.15, 0.2) is 0 Å². The third-order valence-electron chi connectivity index (χ3n) is 2.74. The Labute approximate surface area is 129 Å². The maximum absolute atomic E-state index is 11.6. The molecule has 0 radical (unpaired) electrons. The van der Waals surface area contributed by atoms with Gasteiger partial charge in [0.05, 0.1) is 0 Å². The Kier molecular flexibility index (Phi) is 6.15. The quantitative estimate of drug-likeness (QED) is 0.740. The summed E-state index contributed by atoms with van der Waals surface area (Å²) in [6.45, 7) is 5.15. The van der Waals surface area contributed by atoms with E-state index in [0.29, 0.717) is 18.7 Å². The third kappa shape index (κ3) is 6.92. The predicted octanol–water partition coefficient (Wildman–Crippen LogP) is 1.96. The van der Waals surface area contributed by atoms with Crippen LogP contribution in [0.5, 0.6) is 0 Å². The number of pyridine rings is 1. The number of amides is 1. The lowest BCUT2D eigenvalue weighted by atomic mass is 10.1. The van der Waals surface area contributed by atoms with E-state index in [1.54, 1.807) is 32.9 Å². The Balaban J connectivity index is 2.48. The number of nitrogens with zero attached hydrogens (tertiary/aromatic N) is 1. The molecule has 22 heavy (non-hydrogen) atoms. The Hall–Kier alpha value is -2.31. The van der Waals surface area contributed by atoms with E-state index in [0.717, 1.165) is 5.69 Å². The van der Waals surface area contributed by atoms with Crippen LogP contribution in [0.25, 0.3) is 0 Å². The number of carbonyl (C=O) groups is 2. The van der Waals surface area contributed by atoms with Gasteiger partial charge in [-0.3, -0.25) is 0 Å². The van der Waals surface area contributed by atoms with Crippen LogP contribution in [-0.2, 0) is 16.0 Å². The zero-order chi connectivity index (χ0) is 16.8. The first kappa shape index (κ1) is 17.7. The number of nitrogen functional groups attached to an aromatic ring is 1. The van der Waals surface area contributed by atoms with Crippen LogP contribution in [0.1, 0.15) is 39.3 Å². The zero-order valence-corrected chi connectivity index (χ0v) is 13.1. The number of carboxylic acids is 1. The molecule has 1 rings (SSSR count). The molecule has 0 spiro atoms. The molecule has 1 aromatic heterocycles. The number of aryl methyl sites for hydroxylation is 1. The average molecular weight is 309 g/mol. The molecule has 0 saturated carbocycles. The van der Waals surface area contributed by atoms with Crippen molar-refractivity contribution in [1.29, 1.82) is 0 Å². The number of aromatic nitrogens is 1. The Morgan fingerprint density at radius 2 is 2.09 bits per heavy atom. The predicted molar refractivity (Wildman–Crippen MR) is 82.4 cm³/mol. The molecule has 0 aliphatic carbocycles. The van der Waals surface area contributed by atoms with Gasteiger partial charge in [0, 0.05) is 5.69 Å². The Morgan fingerprint density at radius 3 is 2.64 bits per heavy atom. The number of hydrogen-bond donors (Lipinski definition) is 3. The maximum Gasteiger partial charge on any atom is 0.408 e. The molecule has 1 atom stereocenters. The molecule has 0 aliphatic rings. The molecule has 1 unspecified atom stereocenters. The van der Waals surface area contributed by atoms with Crippen molar-refractivity contribution in [2.45, 2.75) is 51.7 Å². The monoisotopic (exact) mass is 309 g/mol. The van der Waals surface area contributed by atoms with Crippen LogP contribution >= 0.6 is 0 Å². The van der Waals surface area contributed by atoms with Crippen LogP contribution in [0, 0.1) is 0 Å². The summed E-state index contributed by atoms with van der Waals surface area (Å²) in [5, 5.41) is 11.5. The van der Waals surface area contributed by atoms with Gasteiger partial charge in [-0.05, 0) is 52.2 Å². The average Bonchev–Trinajstić information content (AvgIpc) is 2.35. The maximum atomic E-state index is 11.6. The van der Waals surface area contributed by atoms with Gasteiger partial charge in [-0.25, -0.2) is 14.6 Å². The second kappa shape index (κ2) is 7.63. The summed E-state index contributed by atoms with van der Waals surface area (Å²) in [5.74, 6) is -0.662. The molecule has 1 heterocycles. The molecule has 4 N–H and O–H groups in total. The summed E-state index contributed by atoms with van der Waals surface area (Å²) < 4.78 is 5.06. The van der Waals surface area contributed by atoms with Crippen LogP contribution in [0.2, 0.25) is 0 Å². The van der Waals surface area contributed by atoms with Crippen molar-refractivity contribution in [2.75, 3.05) is 5.73 Å². The lowest BCUT2D eigenvalue weighted by Gasteiger charge is -2.22. The third-order valence-corrected chi connectivity index (χ3v) is 2.74. The van der Waals surface area contributed by atoms with Crippen LogP contribution in [-0.4, -0.2) is 33.8 Å². The summed E-state index contributed by atoms with van der Waals surface area (Å²) in [7, 11) is 0. The summed E-state index contributed by atoms with van der Waals surface area (Å²) >= 11 is 0. The molecule has 0 saturated heterocycles. The fourth-order valence-corrected chi connectivity index (χ4v) is 1.83. The first-order valence-corrected chi connectivity index (χ1v) is 7.11. The number of carboxylic acid groups (broad SMARTS) is 1. The fourth-order valence-electron chi connectivity index (χ4n) is 1.83. The first-order chi connectivity index (χ1) is 10.2. The highest BCUT2D eigenvalue weighted by atomic mass is 16.6. The SMILES string of the molecule is CC(C)(C)OC(=O)NC(CCCc1cccc(N)n1)C(=O)O. The van der Waals surface area contributed by atoms with Crippen LogP contribution in [0.3, 0.4) is 0 Å². The van der Waals surface area contributed by atoms with Gasteiger partial charge in [-0.2, -0.15) is 0 Å². The minimum Gasteiger partial charge on any atom is -0.480 e. The summed E-state index contributed by atoms with van der Waals surface area (Å²) in [5.41, 5.74) is 5.71. The number of alkyl carbamates (subject to hydrolysis) is 1. The van der Waals surface area contributed by atoms with Crippen molar-refractivity contribution >= 4 is 17.9 Å². The number of hydrogen-bond acceptors (Lipinski definition) is 5. The van der Waals surface area contributed by atoms with Crippen LogP contribution in [0.4, 0.5) is 10.6 Å². The van der Waals surface area contributed by atoms with E-state index in [1.165, 1.54) is 0 Å². The number of aliphatic carboxylic acids is 1. The molecule has 0 aliphatic heterocycles. The molecule has 1 aromatic rings. The zero-order valence-electron chi connectivity index (χ0n) is 13.1. The van der Waals surface area contributed by atoms with Gasteiger partial charge in [0.2, 0.25) is 0 Å². The van der Waals surface area contributed by atoms with Crippen molar-refractivity contribution in [3.63, 3.8) is 0 Å². The summed E-state index contributed by atoms with van der Waals surface area (Å²) in [6.07, 6.45) is 0.695. The number of anilines is 1. The fraction of sp³-hybridized carbons (Fsp3) is 0.533. The number of nitrogens with two attached hydrogens (primary N) is 1. The van der Waals surface area contributed by atoms with Gasteiger partial charge in [-0.1, -0.05) is 6.07 Å². The normalized spacial score (nSPS) is 12.5. The van der Waals surface area contributed by atoms with Gasteiger partial charge < -0.3 is 20.9 Å². The van der Waals surface area contributed by atoms with Crippen LogP contribution < -0.4 is 11.1 Å². The van der Waals surface area contributed by atoms with E-state index in [1.807, 2.05) is 6.07 Å². The minimum absolute atomic E-state index is 0.283. The van der Waals surface area contributed by atoms with Gasteiger partial charge in [-0.15, -0.1) is 0 Å². The highest BCUT2D eigenvalue weighted by Gasteiger charge is 2.23. The molecular weight excluding hydrogens is 286 g/mol. The molecule has 7 nitrogen and oxygen atoms in total. The van der Waals surface area contributed by atoms with Crippen molar-refractivity contribution in [3.8, 4) is 0 Å². The molecular formula is C15H23N3O4. The topological polar surface area (TPSA) is 115 Å². The standard InChI is InChI=1S/C15H23N3O4/c1-15(2,3)22-14(21)18-11(13(19)20)8-4-6-10-7-5-9-12(16)17-10/h5,7,9,11H,4,6,8H2,1-3H3,(H2,16,17)(H,18,21)(H,19,20). The largest absolute Gasteiger partial charge is 0.480 e. The molecule has 1 amide bonds. The van der Waals surface area contributed by atoms with Crippen molar-refractivity contribution in [3.05, 3.63) is 23.9 Å². The molecule has 122 valence electrons. The Morgan fingerprint density at radius 1 is 1.41 bits per heavy atom. The van der Waals surface area contributed by atoms with E-state index in [9.17, 15) is 9.59 Å². The lowest BCUT2D eigenvalue weighted by molar-refractivity contribution is -0.139. The highest BCUT2D eigenvalue weighted by Crippen LogP contribution is 2.10. The van der Waals surface area contributed by atoms with E-state index in [4.69, 9.17) is 15.6 Å². The number of ether oxygens (including phenoxy) is 1. The van der Waals surface area contributed by atoms with Gasteiger partial charge in [0.1, 0.15) is 17.5 Å². The number of rotatable bonds is 6. The molecule has 7 heteroatoms. The van der Waals surface area contributed by atoms with E-state index in [-0.39, 0.29) is 6.42 Å². The van der Waals surface area contributed by atoms with Crippen molar-refractivity contribution in [1.82, 2.24) is 10.3 Å². The van der Waals surface area contributed by atoms with E-state index in [2.05, 4.69) is 10.3 Å². The first-order valence-electron chi connectivity index (χ1n) is 7.11. The molecule has 0 aromatic carbocycles. The number of nitrogens with one attached hydrogen (secondary N) is 1. The highest BCUT2D eigenvalue weighted by molar-refractivity contribution is 5.79. The second-order valence-corrected chi connectivity index (χ2v) is 5.98. The molecule has 0 bridgehead atoms. The van der Waals surface area contributed by atoms with Crippen molar-refractivity contribution < 1.29 is 19.4 Å². The van der Waals surface area contributed by atoms with Crippen LogP contribution in [0.15, 0.2) is 18.2 Å². The summed E-state index contributed by atoms with van der Waals surface area (Å²) in [4.78, 5) is 27.0. The molecule has 0 fully saturated rings. The van der Waals surface area contributed by atoms with Crippen molar-refractivity contribution in [2.24, 2.45) is 0 Å². The van der Waals surface area contributed by atoms with E-state index >= 15 is 0 Å². The Bertz CT molecular complexity index is 526. The lowest BCUT2D eigenvalue weighted by Crippen LogP contribution is -2.43. The van der Waals surface area contributed by atoms with E-state index < -0.39 is 23.7 Å². The second-order valence-electron chi connectivity index (χ2n) is 5.98. The smallest absolute Gasteiger partial charge is 0.408 e. The minimum atomic E-state index is -1.09. The van der Waals surface area contributed by atoms with Gasteiger partial charge >= 0.3 is 12.1 Å².